The van der Waals surface area contributed by atoms with Gasteiger partial charge in [0.05, 0.1) is 12.3 Å². The van der Waals surface area contributed by atoms with Crippen molar-refractivity contribution in [3.05, 3.63) is 66.1 Å². The molecule has 3 aromatic heterocycles. The van der Waals surface area contributed by atoms with Crippen molar-refractivity contribution in [1.29, 1.82) is 0 Å². The summed E-state index contributed by atoms with van der Waals surface area (Å²) in [6.07, 6.45) is 4.24. The van der Waals surface area contributed by atoms with Gasteiger partial charge in [-0.25, -0.2) is 14.8 Å². The molecule has 30 heavy (non-hydrogen) atoms. The van der Waals surface area contributed by atoms with Crippen molar-refractivity contribution >= 4 is 22.9 Å². The number of nitrogens with one attached hydrogen (secondary N) is 1. The molecule has 1 aliphatic rings. The molecule has 0 bridgehead atoms. The summed E-state index contributed by atoms with van der Waals surface area (Å²) in [6, 6.07) is 13.6. The Morgan fingerprint density at radius 2 is 2.00 bits per heavy atom. The highest BCUT2D eigenvalue weighted by Crippen LogP contribution is 2.32. The number of fused-ring (bicyclic) bond motifs is 1. The van der Waals surface area contributed by atoms with Gasteiger partial charge in [0.25, 0.3) is 0 Å². The highest BCUT2D eigenvalue weighted by atomic mass is 16.3. The van der Waals surface area contributed by atoms with Crippen LogP contribution in [-0.4, -0.2) is 38.6 Å². The van der Waals surface area contributed by atoms with E-state index in [0.29, 0.717) is 18.8 Å². The first-order valence-electron chi connectivity index (χ1n) is 10.1. The molecule has 1 atom stereocenters. The Bertz CT molecular complexity index is 1190. The van der Waals surface area contributed by atoms with Gasteiger partial charge in [0.15, 0.2) is 17.2 Å². The molecule has 1 fully saturated rings. The number of anilines is 1. The number of pyridine rings is 1. The predicted octanol–water partition coefficient (Wildman–Crippen LogP) is 4.79. The van der Waals surface area contributed by atoms with Crippen LogP contribution in [0.4, 0.5) is 10.5 Å². The molecule has 2 amide bonds. The highest BCUT2D eigenvalue weighted by Gasteiger charge is 2.31. The van der Waals surface area contributed by atoms with Gasteiger partial charge in [0.1, 0.15) is 5.52 Å². The summed E-state index contributed by atoms with van der Waals surface area (Å²) < 4.78 is 7.73. The van der Waals surface area contributed by atoms with E-state index < -0.39 is 0 Å². The summed E-state index contributed by atoms with van der Waals surface area (Å²) >= 11 is 0. The van der Waals surface area contributed by atoms with Gasteiger partial charge >= 0.3 is 6.03 Å². The lowest BCUT2D eigenvalue weighted by Crippen LogP contribution is -2.33. The number of aromatic nitrogens is 3. The fourth-order valence-corrected chi connectivity index (χ4v) is 4.24. The van der Waals surface area contributed by atoms with Gasteiger partial charge in [-0.05, 0) is 67.8 Å². The number of urea groups is 1. The number of carbonyl (C=O) groups is 1. The van der Waals surface area contributed by atoms with Crippen LogP contribution in [-0.2, 0) is 0 Å². The molecule has 1 aromatic carbocycles. The Labute approximate surface area is 174 Å². The molecule has 5 rings (SSSR count). The maximum absolute atomic E-state index is 12.9. The Morgan fingerprint density at radius 1 is 1.17 bits per heavy atom. The Balaban J connectivity index is 1.41. The van der Waals surface area contributed by atoms with Crippen LogP contribution in [0.1, 0.15) is 23.6 Å². The zero-order valence-corrected chi connectivity index (χ0v) is 17.0. The Morgan fingerprint density at radius 3 is 2.77 bits per heavy atom. The third-order valence-electron chi connectivity index (χ3n) is 5.48. The average molecular weight is 401 g/mol. The van der Waals surface area contributed by atoms with E-state index in [9.17, 15) is 4.79 Å². The molecule has 1 saturated heterocycles. The number of nitrogens with zero attached hydrogens (tertiary/aromatic N) is 4. The summed E-state index contributed by atoms with van der Waals surface area (Å²) in [5.74, 6) is 1.45. The van der Waals surface area contributed by atoms with Crippen LogP contribution in [0.25, 0.3) is 22.7 Å². The highest BCUT2D eigenvalue weighted by molar-refractivity contribution is 5.89. The summed E-state index contributed by atoms with van der Waals surface area (Å²) in [5, 5.41) is 3.04. The summed E-state index contributed by atoms with van der Waals surface area (Å²) in [6.45, 7) is 5.32. The number of benzene rings is 1. The third kappa shape index (κ3) is 3.32. The van der Waals surface area contributed by atoms with Crippen LogP contribution in [0.5, 0.6) is 0 Å². The number of aryl methyl sites for hydroxylation is 2. The number of rotatable bonds is 3. The molecule has 0 saturated carbocycles. The topological polar surface area (TPSA) is 76.2 Å². The fraction of sp³-hybridized carbons (Fsp3) is 0.261. The maximum Gasteiger partial charge on any atom is 0.321 e. The molecule has 4 heterocycles. The second kappa shape index (κ2) is 7.33. The number of hydrogen-bond donors (Lipinski definition) is 1. The summed E-state index contributed by atoms with van der Waals surface area (Å²) in [5.41, 5.74) is 4.71. The molecule has 1 aliphatic heterocycles. The lowest BCUT2D eigenvalue weighted by atomic mass is 10.1. The van der Waals surface area contributed by atoms with Crippen molar-refractivity contribution in [3.8, 4) is 11.6 Å². The third-order valence-corrected chi connectivity index (χ3v) is 5.48. The second-order valence-corrected chi connectivity index (χ2v) is 7.82. The first-order chi connectivity index (χ1) is 14.6. The van der Waals surface area contributed by atoms with Crippen molar-refractivity contribution in [2.45, 2.75) is 26.3 Å². The molecule has 152 valence electrons. The number of imidazole rings is 1. The van der Waals surface area contributed by atoms with E-state index in [4.69, 9.17) is 9.40 Å². The molecule has 7 nitrogen and oxygen atoms in total. The lowest BCUT2D eigenvalue weighted by Gasteiger charge is -2.19. The molecule has 4 aromatic rings. The van der Waals surface area contributed by atoms with E-state index in [1.54, 1.807) is 12.5 Å². The molecule has 0 aliphatic carbocycles. The Hall–Kier alpha value is -3.61. The molecule has 0 spiro atoms. The molecule has 0 unspecified atom stereocenters. The van der Waals surface area contributed by atoms with Gasteiger partial charge < -0.3 is 19.2 Å². The van der Waals surface area contributed by atoms with Crippen molar-refractivity contribution in [2.75, 3.05) is 18.4 Å². The van der Waals surface area contributed by atoms with Gasteiger partial charge in [-0.2, -0.15) is 0 Å². The van der Waals surface area contributed by atoms with Gasteiger partial charge in [0.2, 0.25) is 0 Å². The number of amides is 2. The maximum atomic E-state index is 12.9. The zero-order chi connectivity index (χ0) is 20.7. The minimum Gasteiger partial charge on any atom is -0.461 e. The predicted molar refractivity (Wildman–Crippen MR) is 115 cm³/mol. The minimum atomic E-state index is -0.0839. The largest absolute Gasteiger partial charge is 0.461 e. The van der Waals surface area contributed by atoms with Crippen LogP contribution in [0.2, 0.25) is 0 Å². The normalized spacial score (nSPS) is 16.3. The van der Waals surface area contributed by atoms with Gasteiger partial charge in [-0.3, -0.25) is 0 Å². The van der Waals surface area contributed by atoms with Crippen molar-refractivity contribution in [2.24, 2.45) is 0 Å². The number of hydrogen-bond acceptors (Lipinski definition) is 4. The van der Waals surface area contributed by atoms with Crippen LogP contribution in [0, 0.1) is 13.8 Å². The van der Waals surface area contributed by atoms with Gasteiger partial charge in [0, 0.05) is 25.0 Å². The standard InChI is InChI=1S/C23H23N5O2/c1-15-11-16(2)13-17(12-15)25-23(29)27-9-7-18(14-27)28-21-19(5-3-8-24-21)26-22(28)20-6-4-10-30-20/h3-6,8,10-13,18H,7,9,14H2,1-2H3,(H,25,29)/t18-/m0/s1. The summed E-state index contributed by atoms with van der Waals surface area (Å²) in [4.78, 5) is 24.0. The Kier molecular flexibility index (Phi) is 4.50. The smallest absolute Gasteiger partial charge is 0.321 e. The van der Waals surface area contributed by atoms with E-state index in [2.05, 4.69) is 20.9 Å². The number of likely N-dealkylation sites (tertiary alicyclic amines) is 1. The molecular formula is C23H23N5O2. The SMILES string of the molecule is Cc1cc(C)cc(NC(=O)N2CC[C@H](n3c(-c4ccco4)nc4cccnc43)C2)c1. The minimum absolute atomic E-state index is 0.0787. The monoisotopic (exact) mass is 401 g/mol. The van der Waals surface area contributed by atoms with Crippen LogP contribution < -0.4 is 5.32 Å². The zero-order valence-electron chi connectivity index (χ0n) is 17.0. The molecular weight excluding hydrogens is 378 g/mol. The van der Waals surface area contributed by atoms with Crippen molar-refractivity contribution in [1.82, 2.24) is 19.4 Å². The average Bonchev–Trinajstić information content (AvgIpc) is 3.45. The van der Waals surface area contributed by atoms with Gasteiger partial charge in [-0.15, -0.1) is 0 Å². The summed E-state index contributed by atoms with van der Waals surface area (Å²) in [7, 11) is 0. The van der Waals surface area contributed by atoms with E-state index in [-0.39, 0.29) is 12.1 Å². The van der Waals surface area contributed by atoms with E-state index >= 15 is 0 Å². The van der Waals surface area contributed by atoms with E-state index in [1.807, 2.05) is 55.1 Å². The fourth-order valence-electron chi connectivity index (χ4n) is 4.24. The number of furan rings is 1. The van der Waals surface area contributed by atoms with Crippen molar-refractivity contribution in [3.63, 3.8) is 0 Å². The first-order valence-corrected chi connectivity index (χ1v) is 10.1. The molecule has 0 radical (unpaired) electrons. The van der Waals surface area contributed by atoms with Crippen LogP contribution in [0.15, 0.2) is 59.3 Å². The van der Waals surface area contributed by atoms with Crippen LogP contribution in [0.3, 0.4) is 0 Å². The molecule has 7 heteroatoms. The number of carbonyl (C=O) groups excluding carboxylic acids is 1. The second-order valence-electron chi connectivity index (χ2n) is 7.82. The first kappa shape index (κ1) is 18.4. The molecule has 1 N–H and O–H groups in total. The van der Waals surface area contributed by atoms with E-state index in [1.165, 1.54) is 0 Å². The van der Waals surface area contributed by atoms with Crippen LogP contribution >= 0.6 is 0 Å². The van der Waals surface area contributed by atoms with E-state index in [0.717, 1.165) is 40.2 Å². The quantitative estimate of drug-likeness (QED) is 0.536. The lowest BCUT2D eigenvalue weighted by molar-refractivity contribution is 0.221. The van der Waals surface area contributed by atoms with Gasteiger partial charge in [-0.1, -0.05) is 6.07 Å². The van der Waals surface area contributed by atoms with Crippen molar-refractivity contribution < 1.29 is 9.21 Å².